The fourth-order valence-electron chi connectivity index (χ4n) is 2.67. The average Bonchev–Trinajstić information content (AvgIpc) is 3.08. The maximum atomic E-state index is 12.3. The summed E-state index contributed by atoms with van der Waals surface area (Å²) < 4.78 is 7.26. The summed E-state index contributed by atoms with van der Waals surface area (Å²) in [5, 5.41) is 6.76. The average molecular weight is 273 g/mol. The lowest BCUT2D eigenvalue weighted by Crippen LogP contribution is -2.23. The van der Waals surface area contributed by atoms with Gasteiger partial charge in [-0.3, -0.25) is 4.79 Å². The predicted octanol–water partition coefficient (Wildman–Crippen LogP) is 2.67. The van der Waals surface area contributed by atoms with Gasteiger partial charge in [0.25, 0.3) is 5.91 Å². The van der Waals surface area contributed by atoms with Crippen molar-refractivity contribution in [2.24, 2.45) is 0 Å². The van der Waals surface area contributed by atoms with Crippen molar-refractivity contribution in [1.82, 2.24) is 15.0 Å². The van der Waals surface area contributed by atoms with Crippen LogP contribution in [0.4, 0.5) is 0 Å². The number of aromatic nitrogens is 2. The van der Waals surface area contributed by atoms with E-state index >= 15 is 0 Å². The van der Waals surface area contributed by atoms with Crippen molar-refractivity contribution >= 4 is 5.91 Å². The Labute approximate surface area is 117 Å². The fraction of sp³-hybridized carbons (Fsp3) is 0.467. The normalized spacial score (nSPS) is 14.6. The van der Waals surface area contributed by atoms with Gasteiger partial charge in [0, 0.05) is 23.5 Å². The van der Waals surface area contributed by atoms with Crippen molar-refractivity contribution in [2.75, 3.05) is 0 Å². The molecule has 1 aliphatic carbocycles. The Hall–Kier alpha value is -2.04. The van der Waals surface area contributed by atoms with Crippen molar-refractivity contribution < 1.29 is 9.32 Å². The smallest absolute Gasteiger partial charge is 0.253 e. The van der Waals surface area contributed by atoms with E-state index in [4.69, 9.17) is 4.52 Å². The molecule has 0 atom stereocenters. The molecule has 20 heavy (non-hydrogen) atoms. The van der Waals surface area contributed by atoms with Crippen LogP contribution in [0.3, 0.4) is 0 Å². The van der Waals surface area contributed by atoms with Crippen LogP contribution in [0.15, 0.2) is 16.7 Å². The molecule has 5 heteroatoms. The molecular weight excluding hydrogens is 254 g/mol. The molecule has 0 aromatic carbocycles. The van der Waals surface area contributed by atoms with Crippen LogP contribution in [0.5, 0.6) is 0 Å². The Balaban J connectivity index is 1.72. The maximum absolute atomic E-state index is 12.3. The predicted molar refractivity (Wildman–Crippen MR) is 74.6 cm³/mol. The lowest BCUT2D eigenvalue weighted by atomic mass is 10.2. The molecule has 1 amide bonds. The molecule has 5 nitrogen and oxygen atoms in total. The molecule has 0 aliphatic heterocycles. The number of carbonyl (C=O) groups is 1. The van der Waals surface area contributed by atoms with Gasteiger partial charge < -0.3 is 14.4 Å². The van der Waals surface area contributed by atoms with Crippen LogP contribution in [0.1, 0.15) is 52.1 Å². The van der Waals surface area contributed by atoms with Crippen LogP contribution < -0.4 is 5.32 Å². The highest BCUT2D eigenvalue weighted by atomic mass is 16.5. The van der Waals surface area contributed by atoms with E-state index in [1.165, 1.54) is 12.8 Å². The first kappa shape index (κ1) is 13.0. The van der Waals surface area contributed by atoms with Gasteiger partial charge in [-0.1, -0.05) is 5.16 Å². The third-order valence-corrected chi connectivity index (χ3v) is 3.75. The second kappa shape index (κ2) is 4.81. The number of rotatable bonds is 4. The molecular formula is C15H19N3O2. The maximum Gasteiger partial charge on any atom is 0.253 e. The zero-order valence-corrected chi connectivity index (χ0v) is 12.1. The Bertz CT molecular complexity index is 650. The summed E-state index contributed by atoms with van der Waals surface area (Å²) in [4.78, 5) is 12.3. The van der Waals surface area contributed by atoms with Crippen molar-refractivity contribution in [2.45, 2.75) is 46.2 Å². The van der Waals surface area contributed by atoms with E-state index in [1.54, 1.807) is 0 Å². The van der Waals surface area contributed by atoms with Gasteiger partial charge in [0.1, 0.15) is 11.5 Å². The molecule has 2 aromatic heterocycles. The number of hydrogen-bond donors (Lipinski definition) is 1. The van der Waals surface area contributed by atoms with Gasteiger partial charge in [-0.05, 0) is 39.7 Å². The molecule has 0 radical (unpaired) electrons. The van der Waals surface area contributed by atoms with E-state index < -0.39 is 0 Å². The molecule has 2 aromatic rings. The topological polar surface area (TPSA) is 60.1 Å². The van der Waals surface area contributed by atoms with Crippen LogP contribution in [-0.4, -0.2) is 15.6 Å². The molecule has 2 heterocycles. The van der Waals surface area contributed by atoms with Crippen molar-refractivity contribution in [3.05, 3.63) is 40.5 Å². The van der Waals surface area contributed by atoms with Crippen LogP contribution in [0.25, 0.3) is 0 Å². The molecule has 3 rings (SSSR count). The van der Waals surface area contributed by atoms with E-state index in [0.29, 0.717) is 12.6 Å². The van der Waals surface area contributed by atoms with Gasteiger partial charge in [-0.2, -0.15) is 0 Å². The molecule has 0 saturated heterocycles. The van der Waals surface area contributed by atoms with Gasteiger partial charge in [-0.15, -0.1) is 0 Å². The number of nitrogens with zero attached hydrogens (tertiary/aromatic N) is 2. The SMILES string of the molecule is Cc1cc(CNC(=O)c2cc(C)n(C3CC3)c2C)no1. The van der Waals surface area contributed by atoms with Gasteiger partial charge in [0.2, 0.25) is 0 Å². The number of amides is 1. The standard InChI is InChI=1S/C15H19N3O2/c1-9-6-14(11(3)18(9)13-4-5-13)15(19)16-8-12-7-10(2)20-17-12/h6-7,13H,4-5,8H2,1-3H3,(H,16,19). The Kier molecular flexibility index (Phi) is 3.12. The van der Waals surface area contributed by atoms with Crippen molar-refractivity contribution in [3.8, 4) is 0 Å². The van der Waals surface area contributed by atoms with Crippen LogP contribution in [0, 0.1) is 20.8 Å². The monoisotopic (exact) mass is 273 g/mol. The summed E-state index contributed by atoms with van der Waals surface area (Å²) in [6, 6.07) is 4.39. The zero-order chi connectivity index (χ0) is 14.3. The van der Waals surface area contributed by atoms with E-state index in [-0.39, 0.29) is 5.91 Å². The molecule has 106 valence electrons. The second-order valence-electron chi connectivity index (χ2n) is 5.50. The third-order valence-electron chi connectivity index (χ3n) is 3.75. The number of aryl methyl sites for hydroxylation is 2. The lowest BCUT2D eigenvalue weighted by Gasteiger charge is -2.07. The fourth-order valence-corrected chi connectivity index (χ4v) is 2.67. The third kappa shape index (κ3) is 2.35. The first-order valence-electron chi connectivity index (χ1n) is 6.95. The van der Waals surface area contributed by atoms with Gasteiger partial charge in [-0.25, -0.2) is 0 Å². The number of carbonyl (C=O) groups excluding carboxylic acids is 1. The summed E-state index contributed by atoms with van der Waals surface area (Å²) in [7, 11) is 0. The minimum absolute atomic E-state index is 0.0503. The molecule has 1 N–H and O–H groups in total. The Morgan fingerprint density at radius 1 is 1.40 bits per heavy atom. The van der Waals surface area contributed by atoms with Crippen molar-refractivity contribution in [1.29, 1.82) is 0 Å². The van der Waals surface area contributed by atoms with E-state index in [1.807, 2.05) is 26.0 Å². The van der Waals surface area contributed by atoms with E-state index in [9.17, 15) is 4.79 Å². The number of nitrogens with one attached hydrogen (secondary N) is 1. The Morgan fingerprint density at radius 3 is 2.75 bits per heavy atom. The minimum Gasteiger partial charge on any atom is -0.361 e. The van der Waals surface area contributed by atoms with Gasteiger partial charge in [0.05, 0.1) is 12.1 Å². The first-order chi connectivity index (χ1) is 9.56. The Morgan fingerprint density at radius 2 is 2.15 bits per heavy atom. The van der Waals surface area contributed by atoms with Crippen LogP contribution >= 0.6 is 0 Å². The van der Waals surface area contributed by atoms with E-state index in [0.717, 1.165) is 28.4 Å². The molecule has 0 bridgehead atoms. The molecule has 1 aliphatic rings. The van der Waals surface area contributed by atoms with Crippen LogP contribution in [0.2, 0.25) is 0 Å². The molecule has 0 unspecified atom stereocenters. The van der Waals surface area contributed by atoms with E-state index in [2.05, 4.69) is 22.0 Å². The van der Waals surface area contributed by atoms with Gasteiger partial charge >= 0.3 is 0 Å². The number of hydrogen-bond acceptors (Lipinski definition) is 3. The molecule has 1 saturated carbocycles. The second-order valence-corrected chi connectivity index (χ2v) is 5.50. The summed E-state index contributed by atoms with van der Waals surface area (Å²) >= 11 is 0. The summed E-state index contributed by atoms with van der Waals surface area (Å²) in [6.45, 7) is 6.30. The quantitative estimate of drug-likeness (QED) is 0.931. The highest BCUT2D eigenvalue weighted by Gasteiger charge is 2.28. The van der Waals surface area contributed by atoms with Gasteiger partial charge in [0.15, 0.2) is 0 Å². The van der Waals surface area contributed by atoms with Crippen molar-refractivity contribution in [3.63, 3.8) is 0 Å². The van der Waals surface area contributed by atoms with Crippen LogP contribution in [-0.2, 0) is 6.54 Å². The summed E-state index contributed by atoms with van der Waals surface area (Å²) in [6.07, 6.45) is 2.44. The highest BCUT2D eigenvalue weighted by molar-refractivity contribution is 5.95. The lowest BCUT2D eigenvalue weighted by molar-refractivity contribution is 0.0949. The molecule has 1 fully saturated rings. The largest absolute Gasteiger partial charge is 0.361 e. The summed E-state index contributed by atoms with van der Waals surface area (Å²) in [5.41, 5.74) is 3.72. The highest BCUT2D eigenvalue weighted by Crippen LogP contribution is 2.38. The molecule has 0 spiro atoms. The first-order valence-corrected chi connectivity index (χ1v) is 6.95. The zero-order valence-electron chi connectivity index (χ0n) is 12.1. The summed E-state index contributed by atoms with van der Waals surface area (Å²) in [5.74, 6) is 0.701. The minimum atomic E-state index is -0.0503.